The fourth-order valence-electron chi connectivity index (χ4n) is 1.32. The van der Waals surface area contributed by atoms with Crippen LogP contribution in [0.25, 0.3) is 0 Å². The Kier molecular flexibility index (Phi) is 6.02. The first-order valence-electron chi connectivity index (χ1n) is 5.89. The van der Waals surface area contributed by atoms with Crippen LogP contribution in [0, 0.1) is 0 Å². The molecular formula is C14H17N3O2. The van der Waals surface area contributed by atoms with Crippen LogP contribution in [0.5, 0.6) is 0 Å². The largest absolute Gasteiger partial charge is 0.352 e. The average molecular weight is 259 g/mol. The van der Waals surface area contributed by atoms with Crippen LogP contribution in [0.1, 0.15) is 23.7 Å². The molecule has 0 radical (unpaired) electrons. The van der Waals surface area contributed by atoms with Gasteiger partial charge in [-0.05, 0) is 19.1 Å². The Labute approximate surface area is 112 Å². The predicted octanol–water partition coefficient (Wildman–Crippen LogP) is 1.48. The van der Waals surface area contributed by atoms with E-state index < -0.39 is 0 Å². The van der Waals surface area contributed by atoms with E-state index in [1.165, 1.54) is 0 Å². The molecule has 100 valence electrons. The number of benzene rings is 1. The van der Waals surface area contributed by atoms with Crippen molar-refractivity contribution in [1.29, 1.82) is 0 Å². The summed E-state index contributed by atoms with van der Waals surface area (Å²) in [6.45, 7) is 5.60. The van der Waals surface area contributed by atoms with Crippen molar-refractivity contribution in [2.24, 2.45) is 5.10 Å². The van der Waals surface area contributed by atoms with Gasteiger partial charge in [-0.3, -0.25) is 9.59 Å². The van der Waals surface area contributed by atoms with Crippen molar-refractivity contribution in [3.8, 4) is 0 Å². The molecular weight excluding hydrogens is 242 g/mol. The van der Waals surface area contributed by atoms with Crippen LogP contribution in [-0.4, -0.2) is 24.1 Å². The van der Waals surface area contributed by atoms with Gasteiger partial charge in [0.05, 0.1) is 6.42 Å². The number of carbonyl (C=O) groups is 2. The molecule has 19 heavy (non-hydrogen) atoms. The van der Waals surface area contributed by atoms with Crippen LogP contribution in [0.2, 0.25) is 0 Å². The highest BCUT2D eigenvalue weighted by molar-refractivity contribution is 6.01. The van der Waals surface area contributed by atoms with E-state index in [-0.39, 0.29) is 18.2 Å². The number of nitrogens with one attached hydrogen (secondary N) is 2. The number of nitrogens with zero attached hydrogens (tertiary/aromatic N) is 1. The number of rotatable bonds is 6. The lowest BCUT2D eigenvalue weighted by atomic mass is 10.2. The van der Waals surface area contributed by atoms with E-state index in [9.17, 15) is 9.59 Å². The molecule has 2 N–H and O–H groups in total. The first-order chi connectivity index (χ1) is 9.13. The SMILES string of the molecule is C=CCNC(=O)C/C(C)=N\NC(=O)c1ccccc1. The maximum atomic E-state index is 11.7. The van der Waals surface area contributed by atoms with Gasteiger partial charge in [0.15, 0.2) is 0 Å². The summed E-state index contributed by atoms with van der Waals surface area (Å²) in [6, 6.07) is 8.76. The van der Waals surface area contributed by atoms with Gasteiger partial charge in [-0.2, -0.15) is 5.10 Å². The molecule has 0 heterocycles. The van der Waals surface area contributed by atoms with Crippen molar-refractivity contribution in [3.63, 3.8) is 0 Å². The molecule has 0 fully saturated rings. The highest BCUT2D eigenvalue weighted by Gasteiger charge is 2.05. The molecule has 0 saturated carbocycles. The minimum Gasteiger partial charge on any atom is -0.352 e. The van der Waals surface area contributed by atoms with Gasteiger partial charge in [-0.15, -0.1) is 6.58 Å². The van der Waals surface area contributed by atoms with Crippen LogP contribution >= 0.6 is 0 Å². The third-order valence-corrected chi connectivity index (χ3v) is 2.24. The Balaban J connectivity index is 2.45. The lowest BCUT2D eigenvalue weighted by Gasteiger charge is -2.03. The summed E-state index contributed by atoms with van der Waals surface area (Å²) in [4.78, 5) is 23.0. The van der Waals surface area contributed by atoms with Gasteiger partial charge in [0, 0.05) is 17.8 Å². The molecule has 0 aliphatic rings. The van der Waals surface area contributed by atoms with Gasteiger partial charge in [0.1, 0.15) is 0 Å². The quantitative estimate of drug-likeness (QED) is 0.461. The molecule has 1 aromatic carbocycles. The molecule has 0 unspecified atom stereocenters. The van der Waals surface area contributed by atoms with Crippen LogP contribution in [-0.2, 0) is 4.79 Å². The smallest absolute Gasteiger partial charge is 0.271 e. The van der Waals surface area contributed by atoms with E-state index in [0.717, 1.165) is 0 Å². The third-order valence-electron chi connectivity index (χ3n) is 2.24. The standard InChI is InChI=1S/C14H17N3O2/c1-3-9-15-13(18)10-11(2)16-17-14(19)12-7-5-4-6-8-12/h3-8H,1,9-10H2,2H3,(H,15,18)(H,17,19)/b16-11-. The summed E-state index contributed by atoms with van der Waals surface area (Å²) < 4.78 is 0. The van der Waals surface area contributed by atoms with Crippen LogP contribution in [0.4, 0.5) is 0 Å². The van der Waals surface area contributed by atoms with Gasteiger partial charge in [-0.1, -0.05) is 24.3 Å². The van der Waals surface area contributed by atoms with Crippen LogP contribution < -0.4 is 10.7 Å². The zero-order valence-electron chi connectivity index (χ0n) is 10.8. The molecule has 0 aliphatic carbocycles. The van der Waals surface area contributed by atoms with Gasteiger partial charge < -0.3 is 5.32 Å². The van der Waals surface area contributed by atoms with Gasteiger partial charge in [0.25, 0.3) is 5.91 Å². The summed E-state index contributed by atoms with van der Waals surface area (Å²) in [5.41, 5.74) is 3.47. The first-order valence-corrected chi connectivity index (χ1v) is 5.89. The molecule has 0 spiro atoms. The molecule has 2 amide bonds. The maximum Gasteiger partial charge on any atom is 0.271 e. The molecule has 5 heteroatoms. The summed E-state index contributed by atoms with van der Waals surface area (Å²) in [5, 5.41) is 6.51. The average Bonchev–Trinajstić information content (AvgIpc) is 2.43. The van der Waals surface area contributed by atoms with E-state index in [2.05, 4.69) is 22.4 Å². The number of carbonyl (C=O) groups excluding carboxylic acids is 2. The summed E-state index contributed by atoms with van der Waals surface area (Å²) in [5.74, 6) is -0.457. The minimum absolute atomic E-state index is 0.142. The Bertz CT molecular complexity index is 481. The molecule has 0 saturated heterocycles. The highest BCUT2D eigenvalue weighted by Crippen LogP contribution is 1.97. The fraction of sp³-hybridized carbons (Fsp3) is 0.214. The van der Waals surface area contributed by atoms with Gasteiger partial charge >= 0.3 is 0 Å². The molecule has 1 rings (SSSR count). The summed E-state index contributed by atoms with van der Waals surface area (Å²) in [6.07, 6.45) is 1.74. The van der Waals surface area contributed by atoms with Crippen molar-refractivity contribution in [1.82, 2.24) is 10.7 Å². The van der Waals surface area contributed by atoms with Crippen molar-refractivity contribution in [3.05, 3.63) is 48.6 Å². The van der Waals surface area contributed by atoms with Gasteiger partial charge in [-0.25, -0.2) is 5.43 Å². The van der Waals surface area contributed by atoms with E-state index >= 15 is 0 Å². The van der Waals surface area contributed by atoms with Crippen LogP contribution in [0.3, 0.4) is 0 Å². The number of hydrazone groups is 1. The predicted molar refractivity (Wildman–Crippen MR) is 74.8 cm³/mol. The second-order valence-corrected chi connectivity index (χ2v) is 3.92. The molecule has 0 bridgehead atoms. The zero-order chi connectivity index (χ0) is 14.1. The maximum absolute atomic E-state index is 11.7. The molecule has 0 aromatic heterocycles. The summed E-state index contributed by atoms with van der Waals surface area (Å²) in [7, 11) is 0. The van der Waals surface area contributed by atoms with Crippen molar-refractivity contribution in [2.45, 2.75) is 13.3 Å². The van der Waals surface area contributed by atoms with Crippen molar-refractivity contribution in [2.75, 3.05) is 6.54 Å². The molecule has 1 aromatic rings. The number of amides is 2. The van der Waals surface area contributed by atoms with E-state index in [1.54, 1.807) is 37.3 Å². The Morgan fingerprint density at radius 3 is 2.63 bits per heavy atom. The Morgan fingerprint density at radius 2 is 2.00 bits per heavy atom. The second-order valence-electron chi connectivity index (χ2n) is 3.92. The molecule has 0 aliphatic heterocycles. The normalized spacial score (nSPS) is 10.7. The number of hydrogen-bond acceptors (Lipinski definition) is 3. The summed E-state index contributed by atoms with van der Waals surface area (Å²) >= 11 is 0. The zero-order valence-corrected chi connectivity index (χ0v) is 10.8. The van der Waals surface area contributed by atoms with E-state index in [4.69, 9.17) is 0 Å². The fourth-order valence-corrected chi connectivity index (χ4v) is 1.32. The van der Waals surface area contributed by atoms with E-state index in [0.29, 0.717) is 17.8 Å². The first kappa shape index (κ1) is 14.6. The van der Waals surface area contributed by atoms with Gasteiger partial charge in [0.2, 0.25) is 5.91 Å². The minimum atomic E-state index is -0.300. The second kappa shape index (κ2) is 7.81. The molecule has 5 nitrogen and oxygen atoms in total. The molecule has 0 atom stereocenters. The van der Waals surface area contributed by atoms with E-state index in [1.807, 2.05) is 6.07 Å². The number of hydrogen-bond donors (Lipinski definition) is 2. The lowest BCUT2D eigenvalue weighted by molar-refractivity contribution is -0.119. The van der Waals surface area contributed by atoms with Crippen molar-refractivity contribution >= 4 is 17.5 Å². The lowest BCUT2D eigenvalue weighted by Crippen LogP contribution is -2.26. The van der Waals surface area contributed by atoms with Crippen molar-refractivity contribution < 1.29 is 9.59 Å². The highest BCUT2D eigenvalue weighted by atomic mass is 16.2. The topological polar surface area (TPSA) is 70.6 Å². The Hall–Kier alpha value is -2.43. The third kappa shape index (κ3) is 5.63. The monoisotopic (exact) mass is 259 g/mol. The Morgan fingerprint density at radius 1 is 1.32 bits per heavy atom. The van der Waals surface area contributed by atoms with Crippen LogP contribution in [0.15, 0.2) is 48.1 Å².